The van der Waals surface area contributed by atoms with Crippen LogP contribution in [0.15, 0.2) is 64.2 Å². The largest absolute Gasteiger partial charge is 1.00 e. The van der Waals surface area contributed by atoms with E-state index in [9.17, 15) is 0 Å². The molecule has 0 aromatic heterocycles. The van der Waals surface area contributed by atoms with Gasteiger partial charge in [-0.2, -0.15) is 0 Å². The molecule has 0 saturated carbocycles. The minimum Gasteiger partial charge on any atom is -1.00 e. The fraction of sp³-hybridized carbons (Fsp3) is 0.613. The second-order valence-corrected chi connectivity index (χ2v) is 16.5. The second kappa shape index (κ2) is 11.9. The average molecular weight is 610 g/mol. The van der Waals surface area contributed by atoms with E-state index in [-0.39, 0.29) is 35.6 Å². The van der Waals surface area contributed by atoms with E-state index in [2.05, 4.69) is 82.3 Å². The van der Waals surface area contributed by atoms with Crippen molar-refractivity contribution < 1.29 is 49.5 Å². The Kier molecular flexibility index (Phi) is 11.3. The van der Waals surface area contributed by atoms with Crippen molar-refractivity contribution in [2.45, 2.75) is 114 Å². The molecule has 0 aromatic rings. The Bertz CT molecular complexity index is 1070. The van der Waals surface area contributed by atoms with Crippen LogP contribution in [0.5, 0.6) is 0 Å². The van der Waals surface area contributed by atoms with E-state index in [1.165, 1.54) is 32.1 Å². The van der Waals surface area contributed by atoms with Crippen molar-refractivity contribution in [3.63, 3.8) is 0 Å². The molecule has 0 atom stereocenters. The van der Waals surface area contributed by atoms with Gasteiger partial charge in [0, 0.05) is 0 Å². The second-order valence-electron chi connectivity index (χ2n) is 12.0. The van der Waals surface area contributed by atoms with Crippen LogP contribution in [0.25, 0.3) is 0 Å². The van der Waals surface area contributed by atoms with Gasteiger partial charge in [0.15, 0.2) is 0 Å². The van der Waals surface area contributed by atoms with Gasteiger partial charge in [0.2, 0.25) is 0 Å². The average Bonchev–Trinajstić information content (AvgIpc) is 3.20. The molecule has 0 bridgehead atoms. The van der Waals surface area contributed by atoms with Crippen LogP contribution >= 0.6 is 0 Å². The Morgan fingerprint density at radius 3 is 1.43 bits per heavy atom. The topological polar surface area (TPSA) is 0 Å². The molecule has 0 spiro atoms. The van der Waals surface area contributed by atoms with Crippen LogP contribution in [0.3, 0.4) is 0 Å². The van der Waals surface area contributed by atoms with Gasteiger partial charge in [-0.15, -0.1) is 0 Å². The van der Waals surface area contributed by atoms with E-state index in [0.29, 0.717) is 0 Å². The molecule has 35 heavy (non-hydrogen) atoms. The van der Waals surface area contributed by atoms with Crippen molar-refractivity contribution in [1.29, 1.82) is 0 Å². The molecule has 0 N–H and O–H groups in total. The van der Waals surface area contributed by atoms with Crippen molar-refractivity contribution in [3.05, 3.63) is 64.2 Å². The van der Waals surface area contributed by atoms with E-state index in [1.54, 1.807) is 83.7 Å². The zero-order valence-corrected chi connectivity index (χ0v) is 29.5. The first-order valence-electron chi connectivity index (χ1n) is 13.3. The van der Waals surface area contributed by atoms with E-state index >= 15 is 0 Å². The van der Waals surface area contributed by atoms with Crippen molar-refractivity contribution in [3.8, 4) is 0 Å². The molecule has 0 saturated heterocycles. The molecule has 0 aromatic carbocycles. The predicted molar refractivity (Wildman–Crippen MR) is 146 cm³/mol. The molecule has 4 heteroatoms. The molecule has 0 nitrogen and oxygen atoms in total. The van der Waals surface area contributed by atoms with Crippen molar-refractivity contribution >= 4 is 8.80 Å². The Morgan fingerprint density at radius 1 is 0.714 bits per heavy atom. The normalized spacial score (nSPS) is 21.8. The Labute approximate surface area is 246 Å². The summed E-state index contributed by atoms with van der Waals surface area (Å²) in [7, 11) is -0.950. The molecule has 0 amide bonds. The molecular weight excluding hydrogens is 563 g/mol. The first-order chi connectivity index (χ1) is 15.2. The molecule has 0 aliphatic heterocycles. The Morgan fingerprint density at radius 2 is 1.09 bits per heavy atom. The van der Waals surface area contributed by atoms with Gasteiger partial charge in [-0.05, 0) is 0 Å². The van der Waals surface area contributed by atoms with Crippen molar-refractivity contribution in [2.24, 2.45) is 10.8 Å². The summed E-state index contributed by atoms with van der Waals surface area (Å²) in [5, 5.41) is 1.83. The van der Waals surface area contributed by atoms with Gasteiger partial charge < -0.3 is 24.8 Å². The van der Waals surface area contributed by atoms with E-state index in [1.807, 2.05) is 5.20 Å². The summed E-state index contributed by atoms with van der Waals surface area (Å²) >= 11 is 1.62. The van der Waals surface area contributed by atoms with Crippen LogP contribution in [0.1, 0.15) is 101 Å². The number of rotatable bonds is 7. The quantitative estimate of drug-likeness (QED) is 0.388. The molecule has 3 aliphatic carbocycles. The van der Waals surface area contributed by atoms with Crippen LogP contribution in [0.4, 0.5) is 0 Å². The van der Waals surface area contributed by atoms with Gasteiger partial charge in [-0.1, -0.05) is 0 Å². The maximum Gasteiger partial charge on any atom is -1.00 e. The third kappa shape index (κ3) is 5.22. The van der Waals surface area contributed by atoms with Crippen LogP contribution in [-0.4, -0.2) is 8.80 Å². The van der Waals surface area contributed by atoms with Crippen LogP contribution in [0.2, 0.25) is 13.1 Å². The first-order valence-corrected chi connectivity index (χ1v) is 17.4. The summed E-state index contributed by atoms with van der Waals surface area (Å²) in [6, 6.07) is 0. The summed E-state index contributed by atoms with van der Waals surface area (Å²) in [6.45, 7) is 29.4. The number of hydrogen-bond donors (Lipinski definition) is 0. The third-order valence-electron chi connectivity index (χ3n) is 9.20. The smallest absolute Gasteiger partial charge is 1.00 e. The van der Waals surface area contributed by atoms with Crippen molar-refractivity contribution in [1.82, 2.24) is 0 Å². The maximum atomic E-state index is 2.56. The van der Waals surface area contributed by atoms with Gasteiger partial charge in [0.05, 0.1) is 0 Å². The van der Waals surface area contributed by atoms with Crippen LogP contribution in [0, 0.1) is 10.8 Å². The number of allylic oxidation sites excluding steroid dienone is 12. The molecule has 3 rings (SSSR count). The summed E-state index contributed by atoms with van der Waals surface area (Å²) in [4.78, 5) is 0. The number of hydrogen-bond acceptors (Lipinski definition) is 0. The summed E-state index contributed by atoms with van der Waals surface area (Å²) < 4.78 is 1.72. The van der Waals surface area contributed by atoms with Gasteiger partial charge in [0.25, 0.3) is 0 Å². The molecule has 0 fully saturated rings. The minimum atomic E-state index is -0.950. The van der Waals surface area contributed by atoms with Crippen molar-refractivity contribution in [2.75, 3.05) is 0 Å². The zero-order chi connectivity index (χ0) is 25.0. The van der Waals surface area contributed by atoms with E-state index < -0.39 is 8.80 Å². The molecule has 0 radical (unpaired) electrons. The standard InChI is InChI=1S/C31H47Si.2ClH.Zr/c1-13-15-23-19(3)21(5)30(7,8)28(23)25-17-18-26(32(11)12)27(25)29-24(16-14-2)20(4)22(6)31(29,9)10;;;/h32H,13-16,18H2,1-12H3;2*1H;/q;;;+2/p-2. The van der Waals surface area contributed by atoms with Gasteiger partial charge in [-0.3, -0.25) is 0 Å². The Hall–Kier alpha value is 0.120. The molecular formula is C31H47Cl2SiZr. The Balaban J connectivity index is 0.00000306. The SMILES string of the molecule is CCCC1=C(C2=[C]([Zr+2])CC([SiH](C)C)=C2C2=C(CCC)C(C)=C(C)C2(C)C)C(C)(C)C(C)=C1C.[Cl-].[Cl-]. The minimum absolute atomic E-state index is 0. The van der Waals surface area contributed by atoms with Gasteiger partial charge in [0.1, 0.15) is 0 Å². The zero-order valence-electron chi connectivity index (χ0n) is 24.4. The summed E-state index contributed by atoms with van der Waals surface area (Å²) in [5.74, 6) is 0. The summed E-state index contributed by atoms with van der Waals surface area (Å²) in [6.07, 6.45) is 6.09. The summed E-state index contributed by atoms with van der Waals surface area (Å²) in [5.41, 5.74) is 16.7. The number of halogens is 2. The maximum absolute atomic E-state index is 2.56. The van der Waals surface area contributed by atoms with Gasteiger partial charge >= 0.3 is 223 Å². The molecule has 0 heterocycles. The molecule has 0 unspecified atom stereocenters. The fourth-order valence-electron chi connectivity index (χ4n) is 6.68. The monoisotopic (exact) mass is 607 g/mol. The van der Waals surface area contributed by atoms with Crippen LogP contribution in [-0.2, 0) is 24.7 Å². The third-order valence-corrected chi connectivity index (χ3v) is 12.1. The molecule has 3 aliphatic rings. The van der Waals surface area contributed by atoms with E-state index in [4.69, 9.17) is 0 Å². The van der Waals surface area contributed by atoms with E-state index in [0.717, 1.165) is 0 Å². The molecule has 193 valence electrons. The predicted octanol–water partition coefficient (Wildman–Crippen LogP) is 3.47. The fourth-order valence-corrected chi connectivity index (χ4v) is 9.74. The van der Waals surface area contributed by atoms with Gasteiger partial charge in [-0.25, -0.2) is 0 Å². The first kappa shape index (κ1) is 33.1. The van der Waals surface area contributed by atoms with Crippen LogP contribution < -0.4 is 24.8 Å².